The molecule has 9 unspecified atom stereocenters. The average molecular weight is 785 g/mol. The predicted molar refractivity (Wildman–Crippen MR) is 244 cm³/mol. The summed E-state index contributed by atoms with van der Waals surface area (Å²) in [5.41, 5.74) is 30.4. The van der Waals surface area contributed by atoms with Crippen LogP contribution in [0.25, 0.3) is 81.4 Å². The average Bonchev–Trinajstić information content (AvgIpc) is 4.05. The molecule has 0 heterocycles. The molecule has 1 N–H and O–H groups in total. The molecule has 0 aromatic heterocycles. The number of ketones is 1. The number of hydrogen-bond acceptors (Lipinski definition) is 2. The maximum absolute atomic E-state index is 13.3. The van der Waals surface area contributed by atoms with Crippen LogP contribution in [0.4, 0.5) is 0 Å². The first kappa shape index (κ1) is 28.5. The molecule has 2 spiro atoms. The van der Waals surface area contributed by atoms with Gasteiger partial charge in [0.2, 0.25) is 0 Å². The van der Waals surface area contributed by atoms with Crippen LogP contribution in [0.1, 0.15) is 126 Å². The monoisotopic (exact) mass is 784 g/mol. The number of allylic oxidation sites excluding steroid dienone is 10. The molecule has 8 aromatic carbocycles. The third kappa shape index (κ3) is 1.98. The number of carbonyl (C=O) groups is 1. The van der Waals surface area contributed by atoms with Crippen molar-refractivity contribution >= 4 is 87.1 Å². The van der Waals surface area contributed by atoms with E-state index in [1.165, 1.54) is 11.1 Å². The van der Waals surface area contributed by atoms with Gasteiger partial charge in [-0.2, -0.15) is 0 Å². The first-order chi connectivity index (χ1) is 30.7. The third-order valence-corrected chi connectivity index (χ3v) is 21.6. The zero-order valence-corrected chi connectivity index (χ0v) is 33.6. The molecule has 0 bridgehead atoms. The summed E-state index contributed by atoms with van der Waals surface area (Å²) in [6.07, 6.45) is 20.4. The molecular weight excluding hydrogens is 753 g/mol. The number of rotatable bonds is 6. The topological polar surface area (TPSA) is 37.3 Å². The highest BCUT2D eigenvalue weighted by atomic mass is 16.3. The minimum Gasteiger partial charge on any atom is -0.389 e. The van der Waals surface area contributed by atoms with Crippen LogP contribution in [-0.4, -0.2) is 17.5 Å². The fraction of sp³-hybridized carbons (Fsp3) is 0.250. The Morgan fingerprint density at radius 2 is 1.37 bits per heavy atom. The van der Waals surface area contributed by atoms with Gasteiger partial charge in [-0.1, -0.05) is 78.9 Å². The minimum atomic E-state index is -0.365. The lowest BCUT2D eigenvalue weighted by Crippen LogP contribution is -2.40. The molecule has 14 aliphatic carbocycles. The Hall–Kier alpha value is -6.09. The summed E-state index contributed by atoms with van der Waals surface area (Å²) in [4.78, 5) is 13.3. The molecule has 1 fully saturated rings. The molecule has 22 rings (SSSR count). The zero-order chi connectivity index (χ0) is 38.9. The smallest absolute Gasteiger partial charge is 0.158 e. The van der Waals surface area contributed by atoms with Crippen molar-refractivity contribution in [2.75, 3.05) is 6.61 Å². The molecule has 8 aromatic rings. The highest BCUT2D eigenvalue weighted by Gasteiger charge is 2.97. The van der Waals surface area contributed by atoms with Crippen molar-refractivity contribution in [3.63, 3.8) is 0 Å². The quantitative estimate of drug-likeness (QED) is 0.135. The van der Waals surface area contributed by atoms with Gasteiger partial charge >= 0.3 is 0 Å². The molecule has 0 aliphatic heterocycles. The normalized spacial score (nSPS) is 34.3. The Bertz CT molecular complexity index is 4280. The maximum Gasteiger partial charge on any atom is 0.158 e. The van der Waals surface area contributed by atoms with Crippen LogP contribution in [0.2, 0.25) is 0 Å². The van der Waals surface area contributed by atoms with Gasteiger partial charge in [0, 0.05) is 52.3 Å². The summed E-state index contributed by atoms with van der Waals surface area (Å²) in [5, 5.41) is 29.8. The summed E-state index contributed by atoms with van der Waals surface area (Å²) < 4.78 is 0. The second kappa shape index (κ2) is 7.60. The Balaban J connectivity index is 1.12. The highest BCUT2D eigenvalue weighted by Crippen LogP contribution is 2.98. The number of fused-ring (bicyclic) bond motifs is 2. The van der Waals surface area contributed by atoms with Gasteiger partial charge < -0.3 is 5.11 Å². The van der Waals surface area contributed by atoms with Crippen molar-refractivity contribution in [3.05, 3.63) is 168 Å². The third-order valence-electron chi connectivity index (χ3n) is 21.6. The standard InChI is InChI=1S/C60H32O2/c61-19-26(62)7-4-12-58(25-5-2-1-3-6-25)59-54-30-11-10-28-27-8-9-29-31-17-23-15-20-13-22-14-21-16-24-18-32(30)55(59)49-36(24)34(21)43-37(22)42-33(20)35(23)44-40(31)45-38(29)39(27)50(41(28)54)56-51(45)53-48(44)46(42)47(43)52(49)57(53)60(56,58)59/h1-3,5-6,8-11,13-14,17-18,22,29-30,37,41,54,61H,4,7,12,15-16,19H2. The van der Waals surface area contributed by atoms with Crippen LogP contribution >= 0.6 is 0 Å². The van der Waals surface area contributed by atoms with Crippen LogP contribution in [0.15, 0.2) is 84.5 Å². The SMILES string of the molecule is O=C(CO)CCCC1(c2ccccc2)C23c4c5c6c7c8c4c4c2c2c9c%10c%11cc%12c9c9c%13c2c2c%14c%15c%16c(cc(c8c%16c24)C7C=CC6=C2C=CC%11C(C25)C%1013)CC%15=CC(C=C9C%12)C%13%14. The number of Topliss-reactive ketones (excluding diaryl/α,β-unsaturated/α-hetero) is 1. The van der Waals surface area contributed by atoms with Crippen LogP contribution in [0.5, 0.6) is 0 Å². The maximum atomic E-state index is 13.3. The van der Waals surface area contributed by atoms with Crippen molar-refractivity contribution < 1.29 is 9.90 Å². The number of hydrogen-bond donors (Lipinski definition) is 1. The van der Waals surface area contributed by atoms with Gasteiger partial charge in [0.1, 0.15) is 6.61 Å². The van der Waals surface area contributed by atoms with E-state index in [0.29, 0.717) is 41.9 Å². The molecule has 9 atom stereocenters. The van der Waals surface area contributed by atoms with Gasteiger partial charge in [-0.05, 0) is 202 Å². The number of aliphatic hydroxyl groups is 1. The van der Waals surface area contributed by atoms with E-state index < -0.39 is 0 Å². The molecule has 62 heavy (non-hydrogen) atoms. The van der Waals surface area contributed by atoms with E-state index in [-0.39, 0.29) is 28.6 Å². The lowest BCUT2D eigenvalue weighted by molar-refractivity contribution is -0.121. The summed E-state index contributed by atoms with van der Waals surface area (Å²) in [6, 6.07) is 17.4. The van der Waals surface area contributed by atoms with Gasteiger partial charge in [-0.3, -0.25) is 4.79 Å². The molecule has 1 saturated carbocycles. The summed E-state index contributed by atoms with van der Waals surface area (Å²) >= 11 is 0. The van der Waals surface area contributed by atoms with E-state index in [1.54, 1.807) is 159 Å². The Morgan fingerprint density at radius 1 is 0.661 bits per heavy atom. The predicted octanol–water partition coefficient (Wildman–Crippen LogP) is 11.7. The number of carbonyl (C=O) groups excluding carboxylic acids is 1. The molecule has 2 nitrogen and oxygen atoms in total. The zero-order valence-electron chi connectivity index (χ0n) is 33.6. The lowest BCUT2D eigenvalue weighted by atomic mass is 9.57. The van der Waals surface area contributed by atoms with Crippen molar-refractivity contribution in [2.45, 2.75) is 72.0 Å². The second-order valence-corrected chi connectivity index (χ2v) is 22.4. The summed E-state index contributed by atoms with van der Waals surface area (Å²) in [6.45, 7) is -0.365. The van der Waals surface area contributed by atoms with E-state index in [1.807, 2.05) is 0 Å². The molecular formula is C60H32O2. The highest BCUT2D eigenvalue weighted by molar-refractivity contribution is 6.48. The second-order valence-electron chi connectivity index (χ2n) is 22.4. The molecule has 0 saturated heterocycles. The van der Waals surface area contributed by atoms with Crippen LogP contribution in [0, 0.1) is 11.8 Å². The van der Waals surface area contributed by atoms with Gasteiger partial charge in [0.25, 0.3) is 0 Å². The van der Waals surface area contributed by atoms with Crippen molar-refractivity contribution in [1.29, 1.82) is 0 Å². The van der Waals surface area contributed by atoms with Crippen molar-refractivity contribution in [2.24, 2.45) is 11.8 Å². The number of benzene rings is 8. The molecule has 14 aliphatic rings. The van der Waals surface area contributed by atoms with E-state index in [9.17, 15) is 9.90 Å². The molecule has 2 heteroatoms. The fourth-order valence-corrected chi connectivity index (χ4v) is 21.1. The van der Waals surface area contributed by atoms with Crippen LogP contribution in [-0.2, 0) is 33.9 Å². The molecule has 284 valence electrons. The van der Waals surface area contributed by atoms with Crippen LogP contribution < -0.4 is 0 Å². The lowest BCUT2D eigenvalue weighted by Gasteiger charge is -2.44. The van der Waals surface area contributed by atoms with Gasteiger partial charge in [0.15, 0.2) is 5.78 Å². The van der Waals surface area contributed by atoms with Gasteiger partial charge in [0.05, 0.1) is 0 Å². The minimum absolute atomic E-state index is 0.0200. The van der Waals surface area contributed by atoms with E-state index in [4.69, 9.17) is 0 Å². The largest absolute Gasteiger partial charge is 0.389 e. The Labute approximate surface area is 353 Å². The Kier molecular flexibility index (Phi) is 3.49. The number of aliphatic hydroxyl groups excluding tert-OH is 1. The van der Waals surface area contributed by atoms with Gasteiger partial charge in [-0.15, -0.1) is 0 Å². The van der Waals surface area contributed by atoms with E-state index in [2.05, 4.69) is 78.9 Å². The van der Waals surface area contributed by atoms with Crippen molar-refractivity contribution in [1.82, 2.24) is 0 Å². The fourth-order valence-electron chi connectivity index (χ4n) is 21.1. The summed E-state index contributed by atoms with van der Waals surface area (Å²) in [7, 11) is 0. The first-order valence-corrected chi connectivity index (χ1v) is 23.8. The van der Waals surface area contributed by atoms with Crippen molar-refractivity contribution in [3.8, 4) is 0 Å². The van der Waals surface area contributed by atoms with E-state index in [0.717, 1.165) is 25.7 Å². The molecule has 0 radical (unpaired) electrons. The summed E-state index contributed by atoms with van der Waals surface area (Å²) in [5.74, 6) is 2.17. The van der Waals surface area contributed by atoms with Gasteiger partial charge in [-0.25, -0.2) is 0 Å². The van der Waals surface area contributed by atoms with Crippen LogP contribution in [0.3, 0.4) is 0 Å². The first-order valence-electron chi connectivity index (χ1n) is 23.8. The molecule has 0 amide bonds. The Morgan fingerprint density at radius 3 is 2.19 bits per heavy atom. The van der Waals surface area contributed by atoms with E-state index >= 15 is 0 Å².